The van der Waals surface area contributed by atoms with Crippen LogP contribution in [0.25, 0.3) is 0 Å². The lowest BCUT2D eigenvalue weighted by molar-refractivity contribution is -0.124. The summed E-state index contributed by atoms with van der Waals surface area (Å²) in [5, 5.41) is 0. The average Bonchev–Trinajstić information content (AvgIpc) is 2.91. The van der Waals surface area contributed by atoms with Crippen LogP contribution in [0.3, 0.4) is 0 Å². The van der Waals surface area contributed by atoms with Crippen LogP contribution in [-0.4, -0.2) is 30.9 Å². The summed E-state index contributed by atoms with van der Waals surface area (Å²) in [7, 11) is 2.11. The SMILES string of the molecule is CCN1c2ccccc2C[C@@](CCN(C)Cc2ccccc2)(C(N)=O)c2ccccc21. The van der Waals surface area contributed by atoms with Crippen LogP contribution in [0.15, 0.2) is 78.9 Å². The molecule has 4 nitrogen and oxygen atoms in total. The monoisotopic (exact) mass is 413 g/mol. The van der Waals surface area contributed by atoms with Gasteiger partial charge in [-0.05, 0) is 62.2 Å². The molecule has 1 amide bonds. The second kappa shape index (κ2) is 8.94. The molecule has 0 aliphatic carbocycles. The first-order chi connectivity index (χ1) is 15.0. The number of nitrogens with two attached hydrogens (primary N) is 1. The van der Waals surface area contributed by atoms with E-state index in [-0.39, 0.29) is 5.91 Å². The number of fused-ring (bicyclic) bond motifs is 2. The highest BCUT2D eigenvalue weighted by Gasteiger charge is 2.43. The Balaban J connectivity index is 1.72. The molecule has 4 rings (SSSR count). The van der Waals surface area contributed by atoms with Crippen molar-refractivity contribution in [2.45, 2.75) is 31.7 Å². The third-order valence-electron chi connectivity index (χ3n) is 6.49. The molecule has 1 atom stereocenters. The maximum Gasteiger partial charge on any atom is 0.228 e. The van der Waals surface area contributed by atoms with E-state index in [2.05, 4.69) is 84.4 Å². The fourth-order valence-electron chi connectivity index (χ4n) is 4.85. The highest BCUT2D eigenvalue weighted by molar-refractivity contribution is 5.91. The number of rotatable bonds is 7. The summed E-state index contributed by atoms with van der Waals surface area (Å²) in [6, 6.07) is 27.1. The second-order valence-corrected chi connectivity index (χ2v) is 8.49. The first-order valence-electron chi connectivity index (χ1n) is 11.0. The molecule has 3 aromatic rings. The van der Waals surface area contributed by atoms with Gasteiger partial charge in [0.25, 0.3) is 0 Å². The predicted octanol–water partition coefficient (Wildman–Crippen LogP) is 4.65. The minimum absolute atomic E-state index is 0.249. The number of nitrogens with zero attached hydrogens (tertiary/aromatic N) is 2. The largest absolute Gasteiger partial charge is 0.369 e. The van der Waals surface area contributed by atoms with Gasteiger partial charge in [-0.3, -0.25) is 4.79 Å². The number of amides is 1. The maximum absolute atomic E-state index is 13.2. The lowest BCUT2D eigenvalue weighted by Gasteiger charge is -2.34. The van der Waals surface area contributed by atoms with E-state index in [1.807, 2.05) is 18.2 Å². The number of para-hydroxylation sites is 2. The van der Waals surface area contributed by atoms with Crippen molar-refractivity contribution in [1.82, 2.24) is 4.90 Å². The average molecular weight is 414 g/mol. The van der Waals surface area contributed by atoms with E-state index >= 15 is 0 Å². The molecule has 0 fully saturated rings. The minimum Gasteiger partial charge on any atom is -0.369 e. The normalized spacial score (nSPS) is 17.7. The van der Waals surface area contributed by atoms with Gasteiger partial charge in [-0.25, -0.2) is 0 Å². The number of anilines is 2. The fourth-order valence-corrected chi connectivity index (χ4v) is 4.85. The molecular weight excluding hydrogens is 382 g/mol. The number of hydrogen-bond donors (Lipinski definition) is 1. The van der Waals surface area contributed by atoms with Crippen molar-refractivity contribution in [3.8, 4) is 0 Å². The highest BCUT2D eigenvalue weighted by Crippen LogP contribution is 2.45. The first kappa shape index (κ1) is 21.1. The summed E-state index contributed by atoms with van der Waals surface area (Å²) >= 11 is 0. The van der Waals surface area contributed by atoms with Gasteiger partial charge in [0.15, 0.2) is 0 Å². The molecule has 0 spiro atoms. The van der Waals surface area contributed by atoms with Gasteiger partial charge in [0.2, 0.25) is 5.91 Å². The van der Waals surface area contributed by atoms with Gasteiger partial charge in [0, 0.05) is 24.5 Å². The van der Waals surface area contributed by atoms with E-state index in [9.17, 15) is 4.79 Å². The van der Waals surface area contributed by atoms with Gasteiger partial charge in [-0.1, -0.05) is 66.7 Å². The van der Waals surface area contributed by atoms with E-state index < -0.39 is 5.41 Å². The zero-order chi connectivity index (χ0) is 21.8. The standard InChI is InChI=1S/C27H31N3O/c1-3-30-24-15-9-7-13-22(24)19-27(26(28)31,23-14-8-10-16-25(23)30)17-18-29(2)20-21-11-5-4-6-12-21/h4-16H,3,17-20H2,1-2H3,(H2,28,31)/t27-/m1/s1. The Morgan fingerprint density at radius 3 is 2.32 bits per heavy atom. The van der Waals surface area contributed by atoms with Crippen LogP contribution < -0.4 is 10.6 Å². The van der Waals surface area contributed by atoms with Crippen LogP contribution >= 0.6 is 0 Å². The first-order valence-corrected chi connectivity index (χ1v) is 11.0. The fraction of sp³-hybridized carbons (Fsp3) is 0.296. The molecule has 3 aromatic carbocycles. The van der Waals surface area contributed by atoms with E-state index in [0.717, 1.165) is 30.9 Å². The molecule has 160 valence electrons. The van der Waals surface area contributed by atoms with Crippen molar-refractivity contribution in [2.75, 3.05) is 25.0 Å². The highest BCUT2D eigenvalue weighted by atomic mass is 16.1. The minimum atomic E-state index is -0.748. The maximum atomic E-state index is 13.2. The number of hydrogen-bond acceptors (Lipinski definition) is 3. The molecule has 4 heteroatoms. The van der Waals surface area contributed by atoms with Crippen LogP contribution in [-0.2, 0) is 23.2 Å². The molecule has 2 N–H and O–H groups in total. The van der Waals surface area contributed by atoms with E-state index in [4.69, 9.17) is 5.73 Å². The molecular formula is C27H31N3O. The summed E-state index contributed by atoms with van der Waals surface area (Å²) < 4.78 is 0. The second-order valence-electron chi connectivity index (χ2n) is 8.49. The Morgan fingerprint density at radius 1 is 0.968 bits per heavy atom. The molecule has 0 bridgehead atoms. The molecule has 1 aliphatic heterocycles. The molecule has 1 heterocycles. The van der Waals surface area contributed by atoms with Gasteiger partial charge in [-0.15, -0.1) is 0 Å². The summed E-state index contributed by atoms with van der Waals surface area (Å²) in [6.07, 6.45) is 1.29. The Hall–Kier alpha value is -3.11. The Labute approximate surface area is 185 Å². The van der Waals surface area contributed by atoms with Crippen molar-refractivity contribution >= 4 is 17.3 Å². The van der Waals surface area contributed by atoms with Gasteiger partial charge in [0.05, 0.1) is 5.41 Å². The number of carbonyl (C=O) groups excluding carboxylic acids is 1. The van der Waals surface area contributed by atoms with Gasteiger partial charge in [-0.2, -0.15) is 0 Å². The molecule has 0 saturated carbocycles. The molecule has 0 radical (unpaired) electrons. The number of benzene rings is 3. The smallest absolute Gasteiger partial charge is 0.228 e. The molecule has 1 aliphatic rings. The van der Waals surface area contributed by atoms with E-state index in [1.54, 1.807) is 0 Å². The van der Waals surface area contributed by atoms with Crippen molar-refractivity contribution in [3.63, 3.8) is 0 Å². The van der Waals surface area contributed by atoms with E-state index in [1.165, 1.54) is 16.8 Å². The topological polar surface area (TPSA) is 49.6 Å². The van der Waals surface area contributed by atoms with Gasteiger partial charge >= 0.3 is 0 Å². The van der Waals surface area contributed by atoms with E-state index in [0.29, 0.717) is 12.8 Å². The van der Waals surface area contributed by atoms with Crippen LogP contribution in [0.5, 0.6) is 0 Å². The molecule has 31 heavy (non-hydrogen) atoms. The quantitative estimate of drug-likeness (QED) is 0.614. The Morgan fingerprint density at radius 2 is 1.61 bits per heavy atom. The van der Waals surface area contributed by atoms with Crippen molar-refractivity contribution in [1.29, 1.82) is 0 Å². The zero-order valence-electron chi connectivity index (χ0n) is 18.4. The molecule has 0 aromatic heterocycles. The van der Waals surface area contributed by atoms with Crippen LogP contribution in [0.2, 0.25) is 0 Å². The van der Waals surface area contributed by atoms with Crippen LogP contribution in [0, 0.1) is 0 Å². The Bertz CT molecular complexity index is 1050. The Kier molecular flexibility index (Phi) is 6.10. The molecule has 0 unspecified atom stereocenters. The third kappa shape index (κ3) is 4.08. The summed E-state index contributed by atoms with van der Waals surface area (Å²) in [6.45, 7) is 4.60. The zero-order valence-corrected chi connectivity index (χ0v) is 18.4. The number of carbonyl (C=O) groups is 1. The van der Waals surface area contributed by atoms with Crippen LogP contribution in [0.1, 0.15) is 30.0 Å². The van der Waals surface area contributed by atoms with Crippen molar-refractivity contribution < 1.29 is 4.79 Å². The van der Waals surface area contributed by atoms with Gasteiger partial charge < -0.3 is 15.5 Å². The lowest BCUT2D eigenvalue weighted by atomic mass is 9.72. The number of primary amides is 1. The van der Waals surface area contributed by atoms with Crippen molar-refractivity contribution in [3.05, 3.63) is 95.6 Å². The van der Waals surface area contributed by atoms with Crippen LogP contribution in [0.4, 0.5) is 11.4 Å². The summed E-state index contributed by atoms with van der Waals surface area (Å²) in [5.74, 6) is -0.249. The summed E-state index contributed by atoms with van der Waals surface area (Å²) in [4.78, 5) is 17.7. The third-order valence-corrected chi connectivity index (χ3v) is 6.49. The summed E-state index contributed by atoms with van der Waals surface area (Å²) in [5.41, 5.74) is 11.2. The lowest BCUT2D eigenvalue weighted by Crippen LogP contribution is -2.45. The predicted molar refractivity (Wildman–Crippen MR) is 128 cm³/mol. The molecule has 0 saturated heterocycles. The van der Waals surface area contributed by atoms with Gasteiger partial charge in [0.1, 0.15) is 0 Å². The van der Waals surface area contributed by atoms with Crippen molar-refractivity contribution in [2.24, 2.45) is 5.73 Å².